The molecule has 1 N–H and O–H groups in total. The molecule has 21 heavy (non-hydrogen) atoms. The highest BCUT2D eigenvalue weighted by Gasteiger charge is 2.11. The normalized spacial score (nSPS) is 10.9. The van der Waals surface area contributed by atoms with Crippen LogP contribution in [0.2, 0.25) is 0 Å². The monoisotopic (exact) mass is 305 g/mol. The maximum Gasteiger partial charge on any atom is 0.316 e. The Bertz CT molecular complexity index is 631. The van der Waals surface area contributed by atoms with E-state index < -0.39 is 0 Å². The van der Waals surface area contributed by atoms with Gasteiger partial charge in [0.05, 0.1) is 17.4 Å². The lowest BCUT2D eigenvalue weighted by atomic mass is 10.2. The van der Waals surface area contributed by atoms with Gasteiger partial charge in [0.25, 0.3) is 0 Å². The molecule has 6 heteroatoms. The van der Waals surface area contributed by atoms with E-state index in [9.17, 15) is 4.79 Å². The first kappa shape index (κ1) is 15.6. The van der Waals surface area contributed by atoms with Gasteiger partial charge in [-0.05, 0) is 32.9 Å². The predicted octanol–water partition coefficient (Wildman–Crippen LogP) is 3.11. The minimum Gasteiger partial charge on any atom is -0.462 e. The predicted molar refractivity (Wildman–Crippen MR) is 85.7 cm³/mol. The number of hydrogen-bond acceptors (Lipinski definition) is 6. The molecule has 2 rings (SSSR count). The van der Waals surface area contributed by atoms with Crippen molar-refractivity contribution in [1.29, 1.82) is 0 Å². The van der Waals surface area contributed by atoms with Crippen LogP contribution < -0.4 is 5.32 Å². The summed E-state index contributed by atoms with van der Waals surface area (Å²) in [6.07, 6.45) is -0.104. The zero-order valence-corrected chi connectivity index (χ0v) is 13.2. The number of rotatable bonds is 6. The lowest BCUT2D eigenvalue weighted by molar-refractivity contribution is -0.144. The average molecular weight is 305 g/mol. The Morgan fingerprint density at radius 3 is 2.81 bits per heavy atom. The molecule has 0 aliphatic carbocycles. The number of nitrogens with zero attached hydrogens (tertiary/aromatic N) is 2. The number of esters is 1. The molecular weight excluding hydrogens is 286 g/mol. The zero-order valence-electron chi connectivity index (χ0n) is 12.4. The van der Waals surface area contributed by atoms with Crippen molar-refractivity contribution >= 4 is 34.5 Å². The summed E-state index contributed by atoms with van der Waals surface area (Å²) in [6, 6.07) is 7.81. The smallest absolute Gasteiger partial charge is 0.316 e. The second-order valence-electron chi connectivity index (χ2n) is 4.73. The van der Waals surface area contributed by atoms with Crippen LogP contribution in [0.25, 0.3) is 10.9 Å². The molecule has 0 radical (unpaired) electrons. The standard InChI is InChI=1S/C15H19N3O2S/c1-4-16-14-11-7-5-6-8-12(11)17-15(18-14)21-9-13(19)20-10(2)3/h5-8,10H,4,9H2,1-3H3,(H,16,17,18). The molecule has 2 aromatic rings. The van der Waals surface area contributed by atoms with Crippen LogP contribution in [0.15, 0.2) is 29.4 Å². The van der Waals surface area contributed by atoms with Crippen molar-refractivity contribution < 1.29 is 9.53 Å². The van der Waals surface area contributed by atoms with E-state index in [2.05, 4.69) is 15.3 Å². The summed E-state index contributed by atoms with van der Waals surface area (Å²) in [4.78, 5) is 20.5. The third kappa shape index (κ3) is 4.32. The molecule has 0 amide bonds. The molecule has 0 saturated carbocycles. The van der Waals surface area contributed by atoms with Gasteiger partial charge in [0.15, 0.2) is 5.16 Å². The number of hydrogen-bond donors (Lipinski definition) is 1. The van der Waals surface area contributed by atoms with Gasteiger partial charge in [0.2, 0.25) is 0 Å². The van der Waals surface area contributed by atoms with E-state index in [-0.39, 0.29) is 17.8 Å². The van der Waals surface area contributed by atoms with E-state index in [1.165, 1.54) is 11.8 Å². The zero-order chi connectivity index (χ0) is 15.2. The highest BCUT2D eigenvalue weighted by Crippen LogP contribution is 2.24. The second kappa shape index (κ2) is 7.26. The number of aromatic nitrogens is 2. The molecule has 0 unspecified atom stereocenters. The fourth-order valence-electron chi connectivity index (χ4n) is 1.84. The lowest BCUT2D eigenvalue weighted by Crippen LogP contribution is -2.13. The van der Waals surface area contributed by atoms with E-state index in [4.69, 9.17) is 4.74 Å². The molecule has 5 nitrogen and oxygen atoms in total. The highest BCUT2D eigenvalue weighted by molar-refractivity contribution is 7.99. The van der Waals surface area contributed by atoms with Crippen LogP contribution in [-0.2, 0) is 9.53 Å². The van der Waals surface area contributed by atoms with Gasteiger partial charge in [-0.15, -0.1) is 0 Å². The van der Waals surface area contributed by atoms with Crippen molar-refractivity contribution in [2.75, 3.05) is 17.6 Å². The Morgan fingerprint density at radius 1 is 1.33 bits per heavy atom. The number of fused-ring (bicyclic) bond motifs is 1. The quantitative estimate of drug-likeness (QED) is 0.502. The highest BCUT2D eigenvalue weighted by atomic mass is 32.2. The van der Waals surface area contributed by atoms with Crippen LogP contribution in [0.5, 0.6) is 0 Å². The van der Waals surface area contributed by atoms with Crippen molar-refractivity contribution in [2.45, 2.75) is 32.0 Å². The van der Waals surface area contributed by atoms with Gasteiger partial charge in [0.1, 0.15) is 5.82 Å². The summed E-state index contributed by atoms with van der Waals surface area (Å²) < 4.78 is 5.11. The Hall–Kier alpha value is -1.82. The van der Waals surface area contributed by atoms with Gasteiger partial charge in [0, 0.05) is 11.9 Å². The maximum atomic E-state index is 11.6. The summed E-state index contributed by atoms with van der Waals surface area (Å²) in [7, 11) is 0. The molecule has 0 saturated heterocycles. The fourth-order valence-corrected chi connectivity index (χ4v) is 2.48. The number of ether oxygens (including phenoxy) is 1. The number of thioether (sulfide) groups is 1. The molecule has 112 valence electrons. The second-order valence-corrected chi connectivity index (χ2v) is 5.67. The summed E-state index contributed by atoms with van der Waals surface area (Å²) >= 11 is 1.29. The molecule has 0 atom stereocenters. The topological polar surface area (TPSA) is 64.1 Å². The first-order valence-corrected chi connectivity index (χ1v) is 7.91. The van der Waals surface area contributed by atoms with Crippen LogP contribution in [0.1, 0.15) is 20.8 Å². The lowest BCUT2D eigenvalue weighted by Gasteiger charge is -2.10. The molecule has 1 heterocycles. The van der Waals surface area contributed by atoms with Gasteiger partial charge in [-0.25, -0.2) is 9.97 Å². The van der Waals surface area contributed by atoms with Crippen LogP contribution in [0.4, 0.5) is 5.82 Å². The van der Waals surface area contributed by atoms with Gasteiger partial charge in [-0.1, -0.05) is 23.9 Å². The largest absolute Gasteiger partial charge is 0.462 e. The number of carbonyl (C=O) groups is 1. The minimum absolute atomic E-state index is 0.104. The number of benzene rings is 1. The molecule has 0 aliphatic heterocycles. The average Bonchev–Trinajstić information content (AvgIpc) is 2.45. The first-order valence-electron chi connectivity index (χ1n) is 6.93. The number of anilines is 1. The molecule has 1 aromatic heterocycles. The first-order chi connectivity index (χ1) is 10.1. The molecular formula is C15H19N3O2S. The Kier molecular flexibility index (Phi) is 5.38. The fraction of sp³-hybridized carbons (Fsp3) is 0.400. The maximum absolute atomic E-state index is 11.6. The van der Waals surface area contributed by atoms with Gasteiger partial charge in [-0.2, -0.15) is 0 Å². The summed E-state index contributed by atoms with van der Waals surface area (Å²) in [6.45, 7) is 6.46. The molecule has 0 spiro atoms. The van der Waals surface area contributed by atoms with Crippen LogP contribution >= 0.6 is 11.8 Å². The number of carbonyl (C=O) groups excluding carboxylic acids is 1. The Balaban J connectivity index is 2.18. The van der Waals surface area contributed by atoms with Gasteiger partial charge < -0.3 is 10.1 Å². The van der Waals surface area contributed by atoms with Crippen LogP contribution in [0.3, 0.4) is 0 Å². The molecule has 0 aliphatic rings. The van der Waals surface area contributed by atoms with Crippen molar-refractivity contribution in [3.05, 3.63) is 24.3 Å². The SMILES string of the molecule is CCNc1nc(SCC(=O)OC(C)C)nc2ccccc12. The molecule has 0 fully saturated rings. The van der Waals surface area contributed by atoms with E-state index in [1.807, 2.05) is 45.0 Å². The van der Waals surface area contributed by atoms with Crippen LogP contribution in [0, 0.1) is 0 Å². The van der Waals surface area contributed by atoms with Gasteiger partial charge >= 0.3 is 5.97 Å². The van der Waals surface area contributed by atoms with E-state index in [1.54, 1.807) is 0 Å². The van der Waals surface area contributed by atoms with E-state index in [0.29, 0.717) is 5.16 Å². The Morgan fingerprint density at radius 2 is 2.10 bits per heavy atom. The van der Waals surface area contributed by atoms with Crippen molar-refractivity contribution in [3.8, 4) is 0 Å². The summed E-state index contributed by atoms with van der Waals surface area (Å²) in [5, 5.41) is 4.78. The Labute approximate surface area is 128 Å². The minimum atomic E-state index is -0.253. The summed E-state index contributed by atoms with van der Waals surface area (Å²) in [5.74, 6) is 0.752. The van der Waals surface area contributed by atoms with Crippen LogP contribution in [-0.4, -0.2) is 34.3 Å². The number of nitrogens with one attached hydrogen (secondary N) is 1. The third-order valence-corrected chi connectivity index (χ3v) is 3.43. The van der Waals surface area contributed by atoms with Crippen molar-refractivity contribution in [3.63, 3.8) is 0 Å². The molecule has 0 bridgehead atoms. The van der Waals surface area contributed by atoms with Crippen molar-refractivity contribution in [2.24, 2.45) is 0 Å². The van der Waals surface area contributed by atoms with Gasteiger partial charge in [-0.3, -0.25) is 4.79 Å². The summed E-state index contributed by atoms with van der Waals surface area (Å²) in [5.41, 5.74) is 0.864. The van der Waals surface area contributed by atoms with Crippen molar-refractivity contribution in [1.82, 2.24) is 9.97 Å². The number of para-hydroxylation sites is 1. The van der Waals surface area contributed by atoms with E-state index in [0.717, 1.165) is 23.3 Å². The van der Waals surface area contributed by atoms with E-state index >= 15 is 0 Å². The molecule has 1 aromatic carbocycles. The third-order valence-electron chi connectivity index (χ3n) is 2.61.